The standard InChI is InChI=1S/C28H32N6O3/c1-3-6-24(35)33-15-5-8-21(18-33)30-27-25-23(13-14-29-26(25)31-32-27)37-22-11-9-20(10-12-22)28(36)34-16-4-7-19(2)17-34/h9-14,19,21H,4-5,7-8,15-18H2,1-2H3,(H2,29,30,31,32)/t19?,21-/m1/s1. The SMILES string of the molecule is CC#CC(=O)N1CCC[C@@H](Nc2n[nH]c3nccc(Oc4ccc(C(=O)N5CCCC(C)C5)cc4)c23)C1. The number of piperidine rings is 2. The third-order valence-corrected chi connectivity index (χ3v) is 6.98. The van der Waals surface area contributed by atoms with E-state index in [1.807, 2.05) is 29.2 Å². The van der Waals surface area contributed by atoms with E-state index in [1.165, 1.54) is 6.42 Å². The summed E-state index contributed by atoms with van der Waals surface area (Å²) < 4.78 is 6.22. The number of hydrogen-bond donors (Lipinski definition) is 2. The van der Waals surface area contributed by atoms with E-state index >= 15 is 0 Å². The number of carbonyl (C=O) groups is 2. The highest BCUT2D eigenvalue weighted by Gasteiger charge is 2.25. The first-order valence-corrected chi connectivity index (χ1v) is 12.9. The second-order valence-corrected chi connectivity index (χ2v) is 9.84. The van der Waals surface area contributed by atoms with Crippen LogP contribution in [0.25, 0.3) is 11.0 Å². The van der Waals surface area contributed by atoms with E-state index < -0.39 is 0 Å². The first kappa shape index (κ1) is 24.6. The van der Waals surface area contributed by atoms with Gasteiger partial charge in [0.15, 0.2) is 11.5 Å². The van der Waals surface area contributed by atoms with E-state index in [2.05, 4.69) is 39.3 Å². The Kier molecular flexibility index (Phi) is 7.26. The van der Waals surface area contributed by atoms with Gasteiger partial charge < -0.3 is 19.9 Å². The van der Waals surface area contributed by atoms with Crippen LogP contribution in [0.2, 0.25) is 0 Å². The van der Waals surface area contributed by atoms with Crippen LogP contribution < -0.4 is 10.1 Å². The Hall–Kier alpha value is -4.06. The molecule has 2 aliphatic rings. The molecule has 9 heteroatoms. The molecule has 3 aromatic rings. The highest BCUT2D eigenvalue weighted by molar-refractivity contribution is 5.95. The first-order valence-electron chi connectivity index (χ1n) is 12.9. The van der Waals surface area contributed by atoms with Crippen LogP contribution in [0.4, 0.5) is 5.82 Å². The average Bonchev–Trinajstić information content (AvgIpc) is 3.32. The number of carbonyl (C=O) groups excluding carboxylic acids is 2. The molecule has 1 aromatic carbocycles. The maximum atomic E-state index is 12.9. The van der Waals surface area contributed by atoms with Gasteiger partial charge in [0.05, 0.1) is 0 Å². The second kappa shape index (κ2) is 10.9. The van der Waals surface area contributed by atoms with Gasteiger partial charge in [0.25, 0.3) is 11.8 Å². The van der Waals surface area contributed by atoms with Crippen LogP contribution in [0.3, 0.4) is 0 Å². The summed E-state index contributed by atoms with van der Waals surface area (Å²) in [5.41, 5.74) is 1.27. The van der Waals surface area contributed by atoms with Crippen molar-refractivity contribution in [3.05, 3.63) is 42.1 Å². The molecule has 0 saturated carbocycles. The highest BCUT2D eigenvalue weighted by Crippen LogP contribution is 2.33. The number of aromatic amines is 1. The van der Waals surface area contributed by atoms with E-state index in [1.54, 1.807) is 24.1 Å². The number of H-pyrrole nitrogens is 1. The van der Waals surface area contributed by atoms with Gasteiger partial charge in [0.2, 0.25) is 0 Å². The zero-order chi connectivity index (χ0) is 25.8. The van der Waals surface area contributed by atoms with Crippen LogP contribution >= 0.6 is 0 Å². The molecule has 2 aromatic heterocycles. The number of rotatable bonds is 5. The largest absolute Gasteiger partial charge is 0.456 e. The molecule has 1 unspecified atom stereocenters. The molecule has 192 valence electrons. The maximum absolute atomic E-state index is 12.9. The number of nitrogens with zero attached hydrogens (tertiary/aromatic N) is 4. The maximum Gasteiger partial charge on any atom is 0.298 e. The van der Waals surface area contributed by atoms with Gasteiger partial charge in [-0.1, -0.05) is 12.8 Å². The lowest BCUT2D eigenvalue weighted by Gasteiger charge is -2.32. The number of likely N-dealkylation sites (tertiary alicyclic amines) is 2. The highest BCUT2D eigenvalue weighted by atomic mass is 16.5. The van der Waals surface area contributed by atoms with Crippen molar-refractivity contribution in [1.29, 1.82) is 0 Å². The number of benzene rings is 1. The van der Waals surface area contributed by atoms with Crippen LogP contribution in [0.1, 0.15) is 49.9 Å². The smallest absolute Gasteiger partial charge is 0.298 e. The monoisotopic (exact) mass is 500 g/mol. The first-order chi connectivity index (χ1) is 18.0. The zero-order valence-electron chi connectivity index (χ0n) is 21.3. The number of aromatic nitrogens is 3. The summed E-state index contributed by atoms with van der Waals surface area (Å²) in [6, 6.07) is 9.11. The lowest BCUT2D eigenvalue weighted by molar-refractivity contribution is -0.126. The predicted molar refractivity (Wildman–Crippen MR) is 141 cm³/mol. The van der Waals surface area contributed by atoms with E-state index in [4.69, 9.17) is 4.74 Å². The number of nitrogens with one attached hydrogen (secondary N) is 2. The van der Waals surface area contributed by atoms with Gasteiger partial charge in [0, 0.05) is 50.0 Å². The van der Waals surface area contributed by atoms with Gasteiger partial charge in [-0.25, -0.2) is 4.98 Å². The Morgan fingerprint density at radius 2 is 1.86 bits per heavy atom. The molecule has 0 aliphatic carbocycles. The van der Waals surface area contributed by atoms with Gasteiger partial charge in [0.1, 0.15) is 16.9 Å². The minimum absolute atomic E-state index is 0.0405. The second-order valence-electron chi connectivity index (χ2n) is 9.84. The van der Waals surface area contributed by atoms with E-state index in [-0.39, 0.29) is 17.9 Å². The van der Waals surface area contributed by atoms with E-state index in [0.29, 0.717) is 47.5 Å². The summed E-state index contributed by atoms with van der Waals surface area (Å²) in [7, 11) is 0. The Morgan fingerprint density at radius 1 is 1.08 bits per heavy atom. The van der Waals surface area contributed by atoms with E-state index in [0.717, 1.165) is 37.7 Å². The lowest BCUT2D eigenvalue weighted by atomic mass is 9.99. The van der Waals surface area contributed by atoms with Crippen molar-refractivity contribution in [3.8, 4) is 23.3 Å². The molecule has 2 saturated heterocycles. The summed E-state index contributed by atoms with van der Waals surface area (Å²) in [5.74, 6) is 7.61. The van der Waals surface area contributed by atoms with Gasteiger partial charge in [-0.3, -0.25) is 14.7 Å². The van der Waals surface area contributed by atoms with Crippen molar-refractivity contribution < 1.29 is 14.3 Å². The fourth-order valence-corrected chi connectivity index (χ4v) is 5.12. The summed E-state index contributed by atoms with van der Waals surface area (Å²) in [4.78, 5) is 33.3. The van der Waals surface area contributed by atoms with Crippen molar-refractivity contribution in [2.45, 2.75) is 45.6 Å². The number of anilines is 1. The molecule has 0 bridgehead atoms. The van der Waals surface area contributed by atoms with E-state index in [9.17, 15) is 9.59 Å². The molecule has 4 heterocycles. The number of ether oxygens (including phenoxy) is 1. The molecule has 0 radical (unpaired) electrons. The van der Waals surface area contributed by atoms with Crippen LogP contribution in [-0.4, -0.2) is 69.0 Å². The molecule has 37 heavy (non-hydrogen) atoms. The average molecular weight is 501 g/mol. The molecular weight excluding hydrogens is 468 g/mol. The summed E-state index contributed by atoms with van der Waals surface area (Å²) in [6.07, 6.45) is 5.70. The zero-order valence-corrected chi connectivity index (χ0v) is 21.3. The summed E-state index contributed by atoms with van der Waals surface area (Å²) in [6.45, 7) is 6.74. The minimum atomic E-state index is -0.150. The molecule has 5 rings (SSSR count). The molecule has 2 aliphatic heterocycles. The molecule has 2 N–H and O–H groups in total. The van der Waals surface area contributed by atoms with Crippen molar-refractivity contribution in [2.75, 3.05) is 31.5 Å². The number of fused-ring (bicyclic) bond motifs is 1. The Balaban J connectivity index is 1.31. The normalized spacial score (nSPS) is 19.7. The molecule has 2 fully saturated rings. The summed E-state index contributed by atoms with van der Waals surface area (Å²) >= 11 is 0. The Morgan fingerprint density at radius 3 is 2.65 bits per heavy atom. The summed E-state index contributed by atoms with van der Waals surface area (Å²) in [5, 5.41) is 11.6. The fraction of sp³-hybridized carbons (Fsp3) is 0.429. The number of amides is 2. The Bertz CT molecular complexity index is 1340. The van der Waals surface area contributed by atoms with Gasteiger partial charge in [-0.2, -0.15) is 5.10 Å². The van der Waals surface area contributed by atoms with Crippen molar-refractivity contribution in [1.82, 2.24) is 25.0 Å². The van der Waals surface area contributed by atoms with Crippen LogP contribution in [0.5, 0.6) is 11.5 Å². The topological polar surface area (TPSA) is 103 Å². The number of hydrogen-bond acceptors (Lipinski definition) is 6. The molecule has 2 amide bonds. The quantitative estimate of drug-likeness (QED) is 0.513. The third kappa shape index (κ3) is 5.53. The van der Waals surface area contributed by atoms with Crippen molar-refractivity contribution in [3.63, 3.8) is 0 Å². The van der Waals surface area contributed by atoms with Crippen molar-refractivity contribution in [2.24, 2.45) is 5.92 Å². The van der Waals surface area contributed by atoms with Crippen molar-refractivity contribution >= 4 is 28.7 Å². The predicted octanol–water partition coefficient (Wildman–Crippen LogP) is 4.05. The molecule has 2 atom stereocenters. The third-order valence-electron chi connectivity index (χ3n) is 6.98. The van der Waals surface area contributed by atoms with Crippen LogP contribution in [0, 0.1) is 17.8 Å². The Labute approximate surface area is 216 Å². The lowest BCUT2D eigenvalue weighted by Crippen LogP contribution is -2.44. The van der Waals surface area contributed by atoms with Gasteiger partial charge >= 0.3 is 0 Å². The van der Waals surface area contributed by atoms with Gasteiger partial charge in [-0.15, -0.1) is 0 Å². The molecule has 0 spiro atoms. The molecule has 9 nitrogen and oxygen atoms in total. The van der Waals surface area contributed by atoms with Gasteiger partial charge in [-0.05, 0) is 68.7 Å². The van der Waals surface area contributed by atoms with Crippen LogP contribution in [0.15, 0.2) is 36.5 Å². The minimum Gasteiger partial charge on any atom is -0.456 e. The molecular formula is C28H32N6O3. The number of pyridine rings is 1. The fourth-order valence-electron chi connectivity index (χ4n) is 5.12. The van der Waals surface area contributed by atoms with Crippen LogP contribution in [-0.2, 0) is 4.79 Å².